The van der Waals surface area contributed by atoms with E-state index in [0.29, 0.717) is 18.9 Å². The number of halogens is 1. The summed E-state index contributed by atoms with van der Waals surface area (Å²) in [6.07, 6.45) is 3.33. The Kier molecular flexibility index (Phi) is 6.14. The summed E-state index contributed by atoms with van der Waals surface area (Å²) in [4.78, 5) is 0. The Balaban J connectivity index is 1.70. The molecule has 0 aromatic heterocycles. The molecule has 0 spiro atoms. The second kappa shape index (κ2) is 7.87. The minimum atomic E-state index is -3.23. The highest BCUT2D eigenvalue weighted by atomic mass is 32.2. The fourth-order valence-electron chi connectivity index (χ4n) is 2.61. The molecule has 0 bridgehead atoms. The average Bonchev–Trinajstić information content (AvgIpc) is 2.46. The van der Waals surface area contributed by atoms with E-state index < -0.39 is 10.0 Å². The number of sulfonamides is 1. The van der Waals surface area contributed by atoms with Crippen molar-refractivity contribution in [2.75, 3.05) is 25.4 Å². The van der Waals surface area contributed by atoms with Gasteiger partial charge in [0, 0.05) is 6.54 Å². The van der Waals surface area contributed by atoms with Crippen LogP contribution in [0.5, 0.6) is 0 Å². The Morgan fingerprint density at radius 1 is 1.29 bits per heavy atom. The van der Waals surface area contributed by atoms with Gasteiger partial charge < -0.3 is 5.32 Å². The van der Waals surface area contributed by atoms with Crippen LogP contribution in [0.3, 0.4) is 0 Å². The topological polar surface area (TPSA) is 58.2 Å². The molecule has 1 fully saturated rings. The maximum atomic E-state index is 13.0. The van der Waals surface area contributed by atoms with E-state index in [-0.39, 0.29) is 11.6 Å². The lowest BCUT2D eigenvalue weighted by Crippen LogP contribution is -2.32. The molecule has 0 amide bonds. The summed E-state index contributed by atoms with van der Waals surface area (Å²) in [5, 5.41) is 3.27. The summed E-state index contributed by atoms with van der Waals surface area (Å²) >= 11 is 0. The van der Waals surface area contributed by atoms with Gasteiger partial charge in [0.2, 0.25) is 10.0 Å². The summed E-state index contributed by atoms with van der Waals surface area (Å²) in [5.74, 6) is 0.396. The van der Waals surface area contributed by atoms with Crippen LogP contribution < -0.4 is 10.0 Å². The van der Waals surface area contributed by atoms with Crippen LogP contribution in [0.15, 0.2) is 24.3 Å². The van der Waals surface area contributed by atoms with Crippen LogP contribution in [0, 0.1) is 11.7 Å². The zero-order chi connectivity index (χ0) is 15.1. The Hall–Kier alpha value is -0.980. The van der Waals surface area contributed by atoms with Gasteiger partial charge in [-0.25, -0.2) is 17.5 Å². The molecule has 0 aliphatic carbocycles. The van der Waals surface area contributed by atoms with Crippen LogP contribution in [0.2, 0.25) is 0 Å². The zero-order valence-corrected chi connectivity index (χ0v) is 13.0. The van der Waals surface area contributed by atoms with Gasteiger partial charge in [0.25, 0.3) is 0 Å². The smallest absolute Gasteiger partial charge is 0.211 e. The largest absolute Gasteiger partial charge is 0.317 e. The number of hydrogen-bond acceptors (Lipinski definition) is 3. The second-order valence-corrected chi connectivity index (χ2v) is 7.50. The van der Waals surface area contributed by atoms with Crippen molar-refractivity contribution in [1.82, 2.24) is 10.0 Å². The van der Waals surface area contributed by atoms with Crippen molar-refractivity contribution in [3.05, 3.63) is 35.6 Å². The predicted molar refractivity (Wildman–Crippen MR) is 82.1 cm³/mol. The summed E-state index contributed by atoms with van der Waals surface area (Å²) in [6.45, 7) is 2.29. The Morgan fingerprint density at radius 3 is 2.76 bits per heavy atom. The number of piperidine rings is 1. The second-order valence-electron chi connectivity index (χ2n) is 5.58. The van der Waals surface area contributed by atoms with E-state index in [0.717, 1.165) is 37.9 Å². The SMILES string of the molecule is O=S(=O)(CCC1CCNCC1)NCCc1cccc(F)c1. The first-order chi connectivity index (χ1) is 10.1. The van der Waals surface area contributed by atoms with Gasteiger partial charge in [0.1, 0.15) is 5.82 Å². The molecule has 1 aromatic carbocycles. The summed E-state index contributed by atoms with van der Waals surface area (Å²) in [6, 6.07) is 6.25. The molecule has 6 heteroatoms. The minimum Gasteiger partial charge on any atom is -0.317 e. The van der Waals surface area contributed by atoms with E-state index in [2.05, 4.69) is 10.0 Å². The van der Waals surface area contributed by atoms with Gasteiger partial charge in [-0.15, -0.1) is 0 Å². The maximum Gasteiger partial charge on any atom is 0.211 e. The monoisotopic (exact) mass is 314 g/mol. The Morgan fingerprint density at radius 2 is 2.05 bits per heavy atom. The van der Waals surface area contributed by atoms with Gasteiger partial charge in [-0.05, 0) is 62.4 Å². The van der Waals surface area contributed by atoms with Gasteiger partial charge in [-0.3, -0.25) is 0 Å². The van der Waals surface area contributed by atoms with Crippen LogP contribution in [-0.2, 0) is 16.4 Å². The molecule has 21 heavy (non-hydrogen) atoms. The first-order valence-corrected chi connectivity index (χ1v) is 9.13. The summed E-state index contributed by atoms with van der Waals surface area (Å²) in [5.41, 5.74) is 0.802. The van der Waals surface area contributed by atoms with Crippen molar-refractivity contribution < 1.29 is 12.8 Å². The lowest BCUT2D eigenvalue weighted by Gasteiger charge is -2.22. The summed E-state index contributed by atoms with van der Waals surface area (Å²) < 4.78 is 39.5. The van der Waals surface area contributed by atoms with Crippen LogP contribution in [0.4, 0.5) is 4.39 Å². The normalized spacial score (nSPS) is 17.0. The highest BCUT2D eigenvalue weighted by Gasteiger charge is 2.17. The molecule has 2 N–H and O–H groups in total. The molecule has 0 saturated carbocycles. The lowest BCUT2D eigenvalue weighted by molar-refractivity contribution is 0.365. The third-order valence-electron chi connectivity index (χ3n) is 3.88. The number of benzene rings is 1. The van der Waals surface area contributed by atoms with Crippen molar-refractivity contribution in [3.63, 3.8) is 0 Å². The van der Waals surface area contributed by atoms with E-state index in [1.807, 2.05) is 0 Å². The Bertz CT molecular complexity index is 542. The standard InChI is InChI=1S/C15H23FN2O2S/c16-15-3-1-2-14(12-15)6-10-18-21(19,20)11-7-13-4-8-17-9-5-13/h1-3,12-13,17-18H,4-11H2. The number of nitrogens with one attached hydrogen (secondary N) is 2. The van der Waals surface area contributed by atoms with Crippen LogP contribution >= 0.6 is 0 Å². The lowest BCUT2D eigenvalue weighted by atomic mass is 9.96. The molecule has 1 aromatic rings. The minimum absolute atomic E-state index is 0.181. The molecule has 1 aliphatic rings. The number of hydrogen-bond donors (Lipinski definition) is 2. The highest BCUT2D eigenvalue weighted by Crippen LogP contribution is 2.16. The molecule has 1 aliphatic heterocycles. The molecule has 2 rings (SSSR count). The highest BCUT2D eigenvalue weighted by molar-refractivity contribution is 7.89. The van der Waals surface area contributed by atoms with Crippen molar-refractivity contribution in [2.24, 2.45) is 5.92 Å². The molecule has 1 saturated heterocycles. The van der Waals surface area contributed by atoms with Crippen LogP contribution in [-0.4, -0.2) is 33.8 Å². The quantitative estimate of drug-likeness (QED) is 0.805. The van der Waals surface area contributed by atoms with E-state index in [1.54, 1.807) is 12.1 Å². The van der Waals surface area contributed by atoms with Crippen molar-refractivity contribution in [3.8, 4) is 0 Å². The third kappa shape index (κ3) is 6.11. The van der Waals surface area contributed by atoms with Gasteiger partial charge in [0.05, 0.1) is 5.75 Å². The van der Waals surface area contributed by atoms with Gasteiger partial charge in [-0.1, -0.05) is 12.1 Å². The first-order valence-electron chi connectivity index (χ1n) is 7.48. The fourth-order valence-corrected chi connectivity index (χ4v) is 3.81. The van der Waals surface area contributed by atoms with Crippen molar-refractivity contribution in [2.45, 2.75) is 25.7 Å². The van der Waals surface area contributed by atoms with Crippen LogP contribution in [0.1, 0.15) is 24.8 Å². The van der Waals surface area contributed by atoms with E-state index >= 15 is 0 Å². The third-order valence-corrected chi connectivity index (χ3v) is 5.30. The van der Waals surface area contributed by atoms with Crippen LogP contribution in [0.25, 0.3) is 0 Å². The molecule has 1 heterocycles. The van der Waals surface area contributed by atoms with Crippen molar-refractivity contribution >= 4 is 10.0 Å². The van der Waals surface area contributed by atoms with E-state index in [1.165, 1.54) is 12.1 Å². The average molecular weight is 314 g/mol. The molecule has 0 atom stereocenters. The Labute approximate surface area is 126 Å². The first kappa shape index (κ1) is 16.4. The molecule has 0 radical (unpaired) electrons. The molecule has 118 valence electrons. The molecular formula is C15H23FN2O2S. The predicted octanol–water partition coefficient (Wildman–Crippen LogP) is 1.68. The molecule has 0 unspecified atom stereocenters. The van der Waals surface area contributed by atoms with Gasteiger partial charge >= 0.3 is 0 Å². The van der Waals surface area contributed by atoms with Gasteiger partial charge in [-0.2, -0.15) is 0 Å². The van der Waals surface area contributed by atoms with E-state index in [4.69, 9.17) is 0 Å². The van der Waals surface area contributed by atoms with Gasteiger partial charge in [0.15, 0.2) is 0 Å². The summed E-state index contributed by atoms with van der Waals surface area (Å²) in [7, 11) is -3.23. The van der Waals surface area contributed by atoms with E-state index in [9.17, 15) is 12.8 Å². The van der Waals surface area contributed by atoms with Crippen molar-refractivity contribution in [1.29, 1.82) is 0 Å². The fraction of sp³-hybridized carbons (Fsp3) is 0.600. The molecule has 4 nitrogen and oxygen atoms in total. The molecular weight excluding hydrogens is 291 g/mol. The zero-order valence-electron chi connectivity index (χ0n) is 12.1. The number of rotatable bonds is 7. The maximum absolute atomic E-state index is 13.0.